The molecule has 0 bridgehead atoms. The third kappa shape index (κ3) is 4.97. The van der Waals surface area contributed by atoms with Gasteiger partial charge in [0.15, 0.2) is 0 Å². The van der Waals surface area contributed by atoms with Crippen molar-refractivity contribution in [2.24, 2.45) is 0 Å². The summed E-state index contributed by atoms with van der Waals surface area (Å²) in [6, 6.07) is 9.20. The maximum Gasteiger partial charge on any atom is 0.261 e. The summed E-state index contributed by atoms with van der Waals surface area (Å²) in [4.78, 5) is 12.1. The molecule has 8 heteroatoms. The molecule has 0 aliphatic rings. The van der Waals surface area contributed by atoms with E-state index >= 15 is 0 Å². The van der Waals surface area contributed by atoms with Crippen LogP contribution in [0.1, 0.15) is 27.9 Å². The van der Waals surface area contributed by atoms with E-state index in [9.17, 15) is 13.2 Å². The molecule has 2 aromatic rings. The lowest BCUT2D eigenvalue weighted by Gasteiger charge is -2.12. The van der Waals surface area contributed by atoms with Crippen molar-refractivity contribution in [3.05, 3.63) is 58.1 Å². The molecule has 0 atom stereocenters. The third-order valence-corrected chi connectivity index (χ3v) is 5.58. The third-order valence-electron chi connectivity index (χ3n) is 3.87. The van der Waals surface area contributed by atoms with Crippen molar-refractivity contribution in [2.45, 2.75) is 25.2 Å². The van der Waals surface area contributed by atoms with Gasteiger partial charge >= 0.3 is 0 Å². The Balaban J connectivity index is 2.27. The van der Waals surface area contributed by atoms with Gasteiger partial charge in [0.2, 0.25) is 0 Å². The Hall–Kier alpha value is -2.09. The molecule has 26 heavy (non-hydrogen) atoms. The Morgan fingerprint density at radius 1 is 1.12 bits per heavy atom. The van der Waals surface area contributed by atoms with Crippen LogP contribution in [0, 0.1) is 13.8 Å². The van der Waals surface area contributed by atoms with Crippen molar-refractivity contribution in [3.63, 3.8) is 0 Å². The Morgan fingerprint density at radius 2 is 1.85 bits per heavy atom. The smallest absolute Gasteiger partial charge is 0.261 e. The molecule has 140 valence electrons. The average Bonchev–Trinajstić information content (AvgIpc) is 2.58. The Labute approximate surface area is 158 Å². The van der Waals surface area contributed by atoms with Crippen LogP contribution >= 0.6 is 11.6 Å². The number of amides is 1. The summed E-state index contributed by atoms with van der Waals surface area (Å²) in [6.07, 6.45) is 0.398. The number of nitrogens with one attached hydrogen (secondary N) is 2. The second kappa shape index (κ2) is 8.53. The van der Waals surface area contributed by atoms with Gasteiger partial charge in [-0.15, -0.1) is 0 Å². The van der Waals surface area contributed by atoms with Crippen molar-refractivity contribution in [2.75, 3.05) is 17.9 Å². The van der Waals surface area contributed by atoms with Gasteiger partial charge in [-0.25, -0.2) is 8.42 Å². The molecule has 2 rings (SSSR count). The zero-order valence-corrected chi connectivity index (χ0v) is 16.1. The molecular formula is C18H21ClN2O4S. The van der Waals surface area contributed by atoms with Crippen LogP contribution in [0.25, 0.3) is 0 Å². The number of halogens is 1. The van der Waals surface area contributed by atoms with Gasteiger partial charge in [-0.2, -0.15) is 0 Å². The lowest BCUT2D eigenvalue weighted by Crippen LogP contribution is -2.25. The van der Waals surface area contributed by atoms with Crippen LogP contribution in [0.5, 0.6) is 0 Å². The number of aryl methyl sites for hydroxylation is 2. The van der Waals surface area contributed by atoms with Crippen LogP contribution in [0.3, 0.4) is 0 Å². The topological polar surface area (TPSA) is 95.5 Å². The molecule has 0 radical (unpaired) electrons. The fourth-order valence-corrected chi connectivity index (χ4v) is 3.52. The minimum absolute atomic E-state index is 0.0533. The number of hydrogen-bond acceptors (Lipinski definition) is 4. The normalized spacial score (nSPS) is 11.2. The highest BCUT2D eigenvalue weighted by Gasteiger charge is 2.19. The lowest BCUT2D eigenvalue weighted by atomic mass is 10.1. The maximum absolute atomic E-state index is 12.6. The molecule has 0 saturated heterocycles. The van der Waals surface area contributed by atoms with Crippen molar-refractivity contribution in [1.82, 2.24) is 5.32 Å². The van der Waals surface area contributed by atoms with Crippen molar-refractivity contribution in [3.8, 4) is 0 Å². The van der Waals surface area contributed by atoms with Crippen LogP contribution in [0.2, 0.25) is 5.02 Å². The summed E-state index contributed by atoms with van der Waals surface area (Å²) in [5, 5.41) is 11.5. The van der Waals surface area contributed by atoms with Crippen LogP contribution < -0.4 is 10.0 Å². The first-order valence-electron chi connectivity index (χ1n) is 8.03. The van der Waals surface area contributed by atoms with E-state index in [4.69, 9.17) is 16.7 Å². The lowest BCUT2D eigenvalue weighted by molar-refractivity contribution is 0.0951. The van der Waals surface area contributed by atoms with Gasteiger partial charge in [-0.3, -0.25) is 9.52 Å². The highest BCUT2D eigenvalue weighted by Crippen LogP contribution is 2.23. The largest absolute Gasteiger partial charge is 0.396 e. The summed E-state index contributed by atoms with van der Waals surface area (Å²) < 4.78 is 27.8. The minimum Gasteiger partial charge on any atom is -0.396 e. The van der Waals surface area contributed by atoms with Gasteiger partial charge in [0.25, 0.3) is 15.9 Å². The fraction of sp³-hybridized carbons (Fsp3) is 0.278. The second-order valence-electron chi connectivity index (χ2n) is 5.88. The molecule has 2 aromatic carbocycles. The number of hydrogen-bond donors (Lipinski definition) is 3. The molecule has 0 spiro atoms. The monoisotopic (exact) mass is 396 g/mol. The molecule has 3 N–H and O–H groups in total. The SMILES string of the molecule is Cc1ccc(NS(=O)(=O)c2ccc(Cl)c(C(=O)NCCCO)c2)cc1C. The van der Waals surface area contributed by atoms with E-state index in [0.29, 0.717) is 12.1 Å². The number of aliphatic hydroxyl groups excluding tert-OH is 1. The summed E-state index contributed by atoms with van der Waals surface area (Å²) in [5.41, 5.74) is 2.52. The zero-order valence-electron chi connectivity index (χ0n) is 14.5. The highest BCUT2D eigenvalue weighted by atomic mass is 35.5. The maximum atomic E-state index is 12.6. The first-order chi connectivity index (χ1) is 12.2. The molecule has 0 saturated carbocycles. The fourth-order valence-electron chi connectivity index (χ4n) is 2.24. The van der Waals surface area contributed by atoms with E-state index in [2.05, 4.69) is 10.0 Å². The quantitative estimate of drug-likeness (QED) is 0.627. The Morgan fingerprint density at radius 3 is 2.50 bits per heavy atom. The average molecular weight is 397 g/mol. The molecule has 1 amide bonds. The minimum atomic E-state index is -3.87. The molecule has 0 heterocycles. The molecule has 0 aliphatic carbocycles. The zero-order chi connectivity index (χ0) is 19.3. The van der Waals surface area contributed by atoms with Gasteiger partial charge < -0.3 is 10.4 Å². The second-order valence-corrected chi connectivity index (χ2v) is 7.97. The van der Waals surface area contributed by atoms with Gasteiger partial charge in [0.1, 0.15) is 0 Å². The van der Waals surface area contributed by atoms with Gasteiger partial charge in [0, 0.05) is 18.8 Å². The molecule has 0 unspecified atom stereocenters. The van der Waals surface area contributed by atoms with Crippen LogP contribution in [-0.2, 0) is 10.0 Å². The van der Waals surface area contributed by atoms with Crippen LogP contribution in [-0.4, -0.2) is 32.6 Å². The van der Waals surface area contributed by atoms with Crippen LogP contribution in [0.15, 0.2) is 41.3 Å². The summed E-state index contributed by atoms with van der Waals surface area (Å²) >= 11 is 6.03. The Bertz CT molecular complexity index is 913. The molecule has 0 aromatic heterocycles. The summed E-state index contributed by atoms with van der Waals surface area (Å²) in [6.45, 7) is 4.05. The number of carbonyl (C=O) groups is 1. The number of anilines is 1. The van der Waals surface area contributed by atoms with Crippen molar-refractivity contribution < 1.29 is 18.3 Å². The molecular weight excluding hydrogens is 376 g/mol. The molecule has 0 aliphatic heterocycles. The first-order valence-corrected chi connectivity index (χ1v) is 9.89. The highest BCUT2D eigenvalue weighted by molar-refractivity contribution is 7.92. The number of aliphatic hydroxyl groups is 1. The predicted molar refractivity (Wildman–Crippen MR) is 102 cm³/mol. The van der Waals surface area contributed by atoms with Gasteiger partial charge in [-0.1, -0.05) is 17.7 Å². The van der Waals surface area contributed by atoms with Gasteiger partial charge in [0.05, 0.1) is 15.5 Å². The van der Waals surface area contributed by atoms with E-state index < -0.39 is 15.9 Å². The predicted octanol–water partition coefficient (Wildman–Crippen LogP) is 2.87. The van der Waals surface area contributed by atoms with Crippen molar-refractivity contribution in [1.29, 1.82) is 0 Å². The standard InChI is InChI=1S/C18H21ClN2O4S/c1-12-4-5-14(10-13(12)2)21-26(24,25)15-6-7-17(19)16(11-15)18(23)20-8-3-9-22/h4-7,10-11,21-22H,3,8-9H2,1-2H3,(H,20,23). The van der Waals surface area contributed by atoms with Crippen LogP contribution in [0.4, 0.5) is 5.69 Å². The van der Waals surface area contributed by atoms with Crippen molar-refractivity contribution >= 4 is 33.2 Å². The Kier molecular flexibility index (Phi) is 6.63. The number of carbonyl (C=O) groups excluding carboxylic acids is 1. The first kappa shape index (κ1) is 20.2. The van der Waals surface area contributed by atoms with E-state index in [1.165, 1.54) is 18.2 Å². The molecule has 0 fully saturated rings. The molecule has 6 nitrogen and oxygen atoms in total. The summed E-state index contributed by atoms with van der Waals surface area (Å²) in [7, 11) is -3.87. The van der Waals surface area contributed by atoms with E-state index in [1.807, 2.05) is 19.9 Å². The van der Waals surface area contributed by atoms with E-state index in [-0.39, 0.29) is 28.6 Å². The number of rotatable bonds is 7. The van der Waals surface area contributed by atoms with E-state index in [1.54, 1.807) is 12.1 Å². The number of sulfonamides is 1. The van der Waals surface area contributed by atoms with E-state index in [0.717, 1.165) is 11.1 Å². The number of benzene rings is 2. The van der Waals surface area contributed by atoms with Gasteiger partial charge in [-0.05, 0) is 61.7 Å². The summed E-state index contributed by atoms with van der Waals surface area (Å²) in [5.74, 6) is -0.494.